The molecule has 0 radical (unpaired) electrons. The second-order valence-electron chi connectivity index (χ2n) is 10.4. The lowest BCUT2D eigenvalue weighted by Crippen LogP contribution is -2.55. The lowest BCUT2D eigenvalue weighted by atomic mass is 10.0. The molecule has 2 fully saturated rings. The van der Waals surface area contributed by atoms with Crippen molar-refractivity contribution in [3.05, 3.63) is 47.6 Å². The number of nitrogens with one attached hydrogen (secondary N) is 2. The summed E-state index contributed by atoms with van der Waals surface area (Å²) in [6.45, 7) is 8.78. The van der Waals surface area contributed by atoms with E-state index in [2.05, 4.69) is 48.7 Å². The maximum Gasteiger partial charge on any atom is 0.280 e. The first-order valence-corrected chi connectivity index (χ1v) is 15.5. The topological polar surface area (TPSA) is 149 Å². The number of aromatic nitrogens is 4. The van der Waals surface area contributed by atoms with Crippen molar-refractivity contribution < 1.29 is 22.7 Å². The van der Waals surface area contributed by atoms with Crippen LogP contribution in [-0.4, -0.2) is 82.9 Å². The van der Waals surface area contributed by atoms with Crippen molar-refractivity contribution in [2.75, 3.05) is 37.6 Å². The van der Waals surface area contributed by atoms with E-state index in [0.717, 1.165) is 0 Å². The van der Waals surface area contributed by atoms with Crippen LogP contribution in [0.1, 0.15) is 55.2 Å². The van der Waals surface area contributed by atoms with Gasteiger partial charge in [0.15, 0.2) is 5.01 Å². The number of rotatable bonds is 11. The van der Waals surface area contributed by atoms with E-state index in [1.807, 2.05) is 6.92 Å². The molecule has 0 spiro atoms. The second kappa shape index (κ2) is 11.7. The zero-order valence-electron chi connectivity index (χ0n) is 22.7. The van der Waals surface area contributed by atoms with Crippen molar-refractivity contribution in [3.63, 3.8) is 0 Å². The average molecular weight is 588 g/mol. The van der Waals surface area contributed by atoms with E-state index in [1.165, 1.54) is 17.5 Å². The molecule has 40 heavy (non-hydrogen) atoms. The van der Waals surface area contributed by atoms with Crippen LogP contribution in [-0.2, 0) is 14.8 Å². The largest absolute Gasteiger partial charge is 0.477 e. The molecule has 1 atom stereocenters. The molecule has 0 bridgehead atoms. The van der Waals surface area contributed by atoms with Gasteiger partial charge in [0, 0.05) is 31.0 Å². The van der Waals surface area contributed by atoms with E-state index in [0.29, 0.717) is 73.6 Å². The molecular formula is C26H33N7O5S2. The summed E-state index contributed by atoms with van der Waals surface area (Å²) >= 11 is 1.20. The fraction of sp³-hybridized carbons (Fsp3) is 0.500. The summed E-state index contributed by atoms with van der Waals surface area (Å²) in [5.41, 5.74) is 1.26. The van der Waals surface area contributed by atoms with E-state index in [4.69, 9.17) is 9.47 Å². The number of thiazole rings is 1. The number of pyridine rings is 1. The molecule has 0 unspecified atom stereocenters. The predicted molar refractivity (Wildman–Crippen MR) is 151 cm³/mol. The van der Waals surface area contributed by atoms with Crippen LogP contribution in [0.3, 0.4) is 0 Å². The van der Waals surface area contributed by atoms with Crippen LogP contribution in [0.25, 0.3) is 10.6 Å². The van der Waals surface area contributed by atoms with E-state index in [9.17, 15) is 13.2 Å². The molecule has 3 aromatic heterocycles. The summed E-state index contributed by atoms with van der Waals surface area (Å²) in [4.78, 5) is 33.8. The van der Waals surface area contributed by atoms with Crippen molar-refractivity contribution in [2.45, 2.75) is 50.4 Å². The molecule has 2 aliphatic rings. The Morgan fingerprint density at radius 2 is 2.10 bits per heavy atom. The summed E-state index contributed by atoms with van der Waals surface area (Å²) in [6.07, 6.45) is 7.59. The third-order valence-corrected chi connectivity index (χ3v) is 9.63. The summed E-state index contributed by atoms with van der Waals surface area (Å²) in [5.74, 6) is 0.0304. The Hall–Kier alpha value is -3.20. The average Bonchev–Trinajstić information content (AvgIpc) is 3.67. The maximum absolute atomic E-state index is 13.5. The first-order chi connectivity index (χ1) is 19.1. The van der Waals surface area contributed by atoms with Gasteiger partial charge in [-0.1, -0.05) is 0 Å². The van der Waals surface area contributed by atoms with Gasteiger partial charge in [-0.05, 0) is 45.7 Å². The van der Waals surface area contributed by atoms with E-state index >= 15 is 0 Å². The van der Waals surface area contributed by atoms with Crippen molar-refractivity contribution in [2.24, 2.45) is 0 Å². The summed E-state index contributed by atoms with van der Waals surface area (Å²) in [6, 6.07) is 2.76. The molecule has 4 heterocycles. The molecule has 214 valence electrons. The molecule has 1 saturated carbocycles. The Kier molecular flexibility index (Phi) is 8.31. The number of carbonyl (C=O) groups is 1. The number of sulfonamides is 1. The van der Waals surface area contributed by atoms with Gasteiger partial charge in [-0.3, -0.25) is 24.4 Å². The van der Waals surface area contributed by atoms with Crippen LogP contribution in [0.2, 0.25) is 0 Å². The number of carbonyl (C=O) groups excluding carboxylic acids is 1. The van der Waals surface area contributed by atoms with Crippen LogP contribution in [0, 0.1) is 0 Å². The van der Waals surface area contributed by atoms with Gasteiger partial charge in [0.25, 0.3) is 5.91 Å². The number of amides is 1. The van der Waals surface area contributed by atoms with E-state index in [-0.39, 0.29) is 21.7 Å². The highest BCUT2D eigenvalue weighted by Gasteiger charge is 2.36. The van der Waals surface area contributed by atoms with E-state index in [1.54, 1.807) is 30.7 Å². The van der Waals surface area contributed by atoms with Gasteiger partial charge < -0.3 is 14.8 Å². The fourth-order valence-electron chi connectivity index (χ4n) is 4.39. The van der Waals surface area contributed by atoms with Crippen LogP contribution in [0.4, 0.5) is 5.69 Å². The molecule has 1 amide bonds. The van der Waals surface area contributed by atoms with Gasteiger partial charge in [-0.25, -0.2) is 18.4 Å². The van der Waals surface area contributed by atoms with Crippen LogP contribution >= 0.6 is 11.3 Å². The quantitative estimate of drug-likeness (QED) is 0.343. The Balaban J connectivity index is 1.38. The number of morpholine rings is 1. The third-order valence-electron chi connectivity index (χ3n) is 6.74. The summed E-state index contributed by atoms with van der Waals surface area (Å²) < 4.78 is 38.9. The Bertz CT molecular complexity index is 1460. The lowest BCUT2D eigenvalue weighted by Gasteiger charge is -2.43. The zero-order valence-corrected chi connectivity index (χ0v) is 24.3. The molecule has 14 heteroatoms. The highest BCUT2D eigenvalue weighted by Crippen LogP contribution is 2.31. The van der Waals surface area contributed by atoms with Crippen molar-refractivity contribution in [1.82, 2.24) is 30.2 Å². The molecule has 3 aromatic rings. The fourth-order valence-corrected chi connectivity index (χ4v) is 6.55. The number of nitrogens with zero attached hydrogens (tertiary/aromatic N) is 5. The van der Waals surface area contributed by atoms with Gasteiger partial charge in [-0.2, -0.15) is 0 Å². The predicted octanol–water partition coefficient (Wildman–Crippen LogP) is 2.88. The highest BCUT2D eigenvalue weighted by molar-refractivity contribution is 7.93. The standard InChI is InChI=1S/C26H33N7O5S2/c1-4-38-23-14-27-12-20(30-23)22-13-29-25(39-22)24(34)31-21(15-33-9-10-37-16-26(33,2)3)19-11-17(7-8-28-19)32-40(35,36)18-5-6-18/h7-8,11-14,18,21H,4-6,9-10,15-16H2,1-3H3,(H,28,32)(H,31,34)/t21-/m0/s1. The Morgan fingerprint density at radius 1 is 1.27 bits per heavy atom. The van der Waals surface area contributed by atoms with Crippen LogP contribution in [0.15, 0.2) is 36.9 Å². The van der Waals surface area contributed by atoms with Crippen LogP contribution in [0.5, 0.6) is 5.88 Å². The highest BCUT2D eigenvalue weighted by atomic mass is 32.2. The number of hydrogen-bond donors (Lipinski definition) is 2. The van der Waals surface area contributed by atoms with Gasteiger partial charge in [0.2, 0.25) is 15.9 Å². The second-order valence-corrected chi connectivity index (χ2v) is 13.3. The van der Waals surface area contributed by atoms with Gasteiger partial charge in [-0.15, -0.1) is 11.3 Å². The van der Waals surface area contributed by atoms with Gasteiger partial charge in [0.05, 0.1) is 59.8 Å². The van der Waals surface area contributed by atoms with Crippen molar-refractivity contribution in [3.8, 4) is 16.5 Å². The molecule has 1 aliphatic heterocycles. The third kappa shape index (κ3) is 6.74. The number of hydrogen-bond acceptors (Lipinski definition) is 11. The molecule has 12 nitrogen and oxygen atoms in total. The smallest absolute Gasteiger partial charge is 0.280 e. The van der Waals surface area contributed by atoms with Gasteiger partial charge >= 0.3 is 0 Å². The first kappa shape index (κ1) is 28.3. The SMILES string of the molecule is CCOc1cncc(-c2cnc(C(=O)N[C@@H](CN3CCOCC3(C)C)c3cc(NS(=O)(=O)C4CC4)ccn3)s2)n1. The maximum atomic E-state index is 13.5. The van der Waals surface area contributed by atoms with E-state index < -0.39 is 16.1 Å². The molecule has 1 saturated heterocycles. The van der Waals surface area contributed by atoms with Crippen molar-refractivity contribution >= 4 is 33.0 Å². The first-order valence-electron chi connectivity index (χ1n) is 13.2. The minimum absolute atomic E-state index is 0.259. The molecule has 2 N–H and O–H groups in total. The Labute approximate surface area is 237 Å². The molecule has 1 aliphatic carbocycles. The number of anilines is 1. The molecule has 5 rings (SSSR count). The Morgan fingerprint density at radius 3 is 2.85 bits per heavy atom. The minimum Gasteiger partial charge on any atom is -0.477 e. The normalized spacial score (nSPS) is 18.2. The minimum atomic E-state index is -3.45. The van der Waals surface area contributed by atoms with Crippen molar-refractivity contribution in [1.29, 1.82) is 0 Å². The molecule has 0 aromatic carbocycles. The number of ether oxygens (including phenoxy) is 2. The van der Waals surface area contributed by atoms with Crippen LogP contribution < -0.4 is 14.8 Å². The summed E-state index contributed by atoms with van der Waals surface area (Å²) in [7, 11) is -3.45. The summed E-state index contributed by atoms with van der Waals surface area (Å²) in [5, 5.41) is 2.99. The van der Waals surface area contributed by atoms with Gasteiger partial charge in [0.1, 0.15) is 5.69 Å². The molecular weight excluding hydrogens is 554 g/mol. The monoisotopic (exact) mass is 587 g/mol. The zero-order chi connectivity index (χ0) is 28.3. The lowest BCUT2D eigenvalue weighted by molar-refractivity contribution is -0.0544.